The minimum absolute atomic E-state index is 0.0279. The molecule has 0 spiro atoms. The van der Waals surface area contributed by atoms with Crippen LogP contribution in [0.4, 0.5) is 11.4 Å². The number of sulfonamides is 1. The lowest BCUT2D eigenvalue weighted by Gasteiger charge is -2.22. The quantitative estimate of drug-likeness (QED) is 0.490. The zero-order chi connectivity index (χ0) is 24.3. The van der Waals surface area contributed by atoms with Crippen LogP contribution in [0.3, 0.4) is 0 Å². The Balaban J connectivity index is 1.83. The van der Waals surface area contributed by atoms with Gasteiger partial charge in [-0.2, -0.15) is 5.10 Å². The lowest BCUT2D eigenvalue weighted by molar-refractivity contribution is 0.0697. The second-order valence-electron chi connectivity index (χ2n) is 8.04. The van der Waals surface area contributed by atoms with Gasteiger partial charge in [-0.25, -0.2) is 13.2 Å². The average Bonchev–Trinajstić information content (AvgIpc) is 3.04. The molecule has 33 heavy (non-hydrogen) atoms. The van der Waals surface area contributed by atoms with Crippen LogP contribution < -0.4 is 9.62 Å². The number of hydrogen-bond donors (Lipinski definition) is 2. The number of carboxylic acids is 1. The second-order valence-corrected chi connectivity index (χ2v) is 9.70. The molecule has 0 bridgehead atoms. The summed E-state index contributed by atoms with van der Waals surface area (Å²) >= 11 is 0. The maximum absolute atomic E-state index is 12.8. The van der Waals surface area contributed by atoms with Crippen LogP contribution in [0.25, 0.3) is 0 Å². The summed E-state index contributed by atoms with van der Waals surface area (Å²) in [7, 11) is -2.01. The first-order chi connectivity index (χ1) is 15.5. The molecule has 0 aliphatic heterocycles. The van der Waals surface area contributed by atoms with Crippen molar-refractivity contribution in [3.8, 4) is 0 Å². The molecule has 0 amide bonds. The third-order valence-electron chi connectivity index (χ3n) is 5.80. The highest BCUT2D eigenvalue weighted by atomic mass is 32.2. The number of nitrogens with zero attached hydrogens (tertiary/aromatic N) is 3. The standard InChI is InChI=1S/C24H30N4O4S/c1-6-28-18(4)20(17(3)25-28)13-14-27(5)22-12-11-19(15-21(22)24(29)30)26-33(31,32)23-10-8-7-9-16(23)2/h7-12,15,26H,6,13-14H2,1-5H3,(H,29,30). The van der Waals surface area contributed by atoms with Crippen LogP contribution in [-0.2, 0) is 23.0 Å². The molecule has 1 heterocycles. The average molecular weight is 471 g/mol. The van der Waals surface area contributed by atoms with Gasteiger partial charge in [0.1, 0.15) is 0 Å². The molecule has 0 radical (unpaired) electrons. The lowest BCUT2D eigenvalue weighted by atomic mass is 10.1. The van der Waals surface area contributed by atoms with E-state index in [2.05, 4.69) is 9.82 Å². The zero-order valence-corrected chi connectivity index (χ0v) is 20.4. The molecule has 0 atom stereocenters. The van der Waals surface area contributed by atoms with E-state index in [-0.39, 0.29) is 16.1 Å². The van der Waals surface area contributed by atoms with Crippen LogP contribution in [0, 0.1) is 20.8 Å². The van der Waals surface area contributed by atoms with E-state index in [4.69, 9.17) is 0 Å². The minimum atomic E-state index is -3.84. The summed E-state index contributed by atoms with van der Waals surface area (Å²) in [6.07, 6.45) is 0.717. The van der Waals surface area contributed by atoms with E-state index in [1.807, 2.05) is 37.4 Å². The summed E-state index contributed by atoms with van der Waals surface area (Å²) in [5, 5.41) is 14.3. The molecule has 0 unspecified atom stereocenters. The number of aromatic nitrogens is 2. The first-order valence-electron chi connectivity index (χ1n) is 10.7. The maximum atomic E-state index is 12.8. The molecular weight excluding hydrogens is 440 g/mol. The van der Waals surface area contributed by atoms with Crippen molar-refractivity contribution in [2.45, 2.75) is 45.6 Å². The number of rotatable bonds is 9. The highest BCUT2D eigenvalue weighted by Crippen LogP contribution is 2.27. The predicted octanol–water partition coefficient (Wildman–Crippen LogP) is 4.01. The first kappa shape index (κ1) is 24.3. The van der Waals surface area contributed by atoms with Gasteiger partial charge in [-0.15, -0.1) is 0 Å². The van der Waals surface area contributed by atoms with Crippen LogP contribution in [0.2, 0.25) is 0 Å². The number of nitrogens with one attached hydrogen (secondary N) is 1. The first-order valence-corrected chi connectivity index (χ1v) is 12.2. The Hall–Kier alpha value is -3.33. The Morgan fingerprint density at radius 2 is 1.85 bits per heavy atom. The van der Waals surface area contributed by atoms with Gasteiger partial charge in [0.2, 0.25) is 0 Å². The molecule has 176 valence electrons. The van der Waals surface area contributed by atoms with E-state index in [0.29, 0.717) is 17.8 Å². The number of aromatic carboxylic acids is 1. The van der Waals surface area contributed by atoms with Crippen molar-refractivity contribution >= 4 is 27.4 Å². The van der Waals surface area contributed by atoms with Crippen LogP contribution in [-0.4, -0.2) is 42.9 Å². The van der Waals surface area contributed by atoms with Gasteiger partial charge in [-0.1, -0.05) is 18.2 Å². The molecule has 3 rings (SSSR count). The Morgan fingerprint density at radius 1 is 1.15 bits per heavy atom. The molecule has 9 heteroatoms. The zero-order valence-electron chi connectivity index (χ0n) is 19.6. The van der Waals surface area contributed by atoms with Crippen LogP contribution in [0.5, 0.6) is 0 Å². The molecule has 0 aliphatic rings. The minimum Gasteiger partial charge on any atom is -0.478 e. The molecule has 8 nitrogen and oxygen atoms in total. The second kappa shape index (κ2) is 9.66. The van der Waals surface area contributed by atoms with Gasteiger partial charge >= 0.3 is 5.97 Å². The fourth-order valence-electron chi connectivity index (χ4n) is 3.98. The number of hydrogen-bond acceptors (Lipinski definition) is 5. The number of likely N-dealkylation sites (N-methyl/N-ethyl adjacent to an activating group) is 1. The Morgan fingerprint density at radius 3 is 2.45 bits per heavy atom. The number of carbonyl (C=O) groups is 1. The molecule has 1 aromatic heterocycles. The molecule has 0 aliphatic carbocycles. The van der Waals surface area contributed by atoms with Crippen molar-refractivity contribution in [3.05, 3.63) is 70.5 Å². The van der Waals surface area contributed by atoms with Gasteiger partial charge < -0.3 is 10.0 Å². The number of aryl methyl sites for hydroxylation is 3. The van der Waals surface area contributed by atoms with E-state index in [0.717, 1.165) is 29.9 Å². The summed E-state index contributed by atoms with van der Waals surface area (Å²) in [6.45, 7) is 9.16. The lowest BCUT2D eigenvalue weighted by Crippen LogP contribution is -2.23. The smallest absolute Gasteiger partial charge is 0.337 e. The van der Waals surface area contributed by atoms with E-state index in [1.165, 1.54) is 12.1 Å². The normalized spacial score (nSPS) is 11.4. The van der Waals surface area contributed by atoms with Gasteiger partial charge in [-0.05, 0) is 69.5 Å². The summed E-state index contributed by atoms with van der Waals surface area (Å²) in [6, 6.07) is 11.2. The van der Waals surface area contributed by atoms with Gasteiger partial charge in [0.25, 0.3) is 10.0 Å². The van der Waals surface area contributed by atoms with Crippen LogP contribution in [0.15, 0.2) is 47.4 Å². The van der Waals surface area contributed by atoms with Crippen molar-refractivity contribution in [3.63, 3.8) is 0 Å². The fraction of sp³-hybridized carbons (Fsp3) is 0.333. The van der Waals surface area contributed by atoms with Gasteiger partial charge in [0.05, 0.1) is 21.8 Å². The molecule has 0 fully saturated rings. The summed E-state index contributed by atoms with van der Waals surface area (Å²) in [5.41, 5.74) is 4.59. The van der Waals surface area contributed by atoms with Crippen molar-refractivity contribution in [2.24, 2.45) is 0 Å². The highest BCUT2D eigenvalue weighted by molar-refractivity contribution is 7.92. The molecule has 2 N–H and O–H groups in total. The molecule has 0 saturated heterocycles. The van der Waals surface area contributed by atoms with Gasteiger partial charge in [0, 0.05) is 31.5 Å². The topological polar surface area (TPSA) is 105 Å². The van der Waals surface area contributed by atoms with E-state index < -0.39 is 16.0 Å². The Labute approximate surface area is 194 Å². The van der Waals surface area contributed by atoms with Crippen molar-refractivity contribution in [1.82, 2.24) is 9.78 Å². The molecular formula is C24H30N4O4S. The Kier molecular flexibility index (Phi) is 7.12. The number of benzene rings is 2. The third kappa shape index (κ3) is 5.19. The number of carboxylic acid groups (broad SMARTS) is 1. The largest absolute Gasteiger partial charge is 0.478 e. The highest BCUT2D eigenvalue weighted by Gasteiger charge is 2.20. The van der Waals surface area contributed by atoms with Crippen molar-refractivity contribution in [2.75, 3.05) is 23.2 Å². The van der Waals surface area contributed by atoms with E-state index >= 15 is 0 Å². The number of anilines is 2. The van der Waals surface area contributed by atoms with Crippen LogP contribution in [0.1, 0.15) is 39.8 Å². The van der Waals surface area contributed by atoms with Crippen molar-refractivity contribution in [1.29, 1.82) is 0 Å². The summed E-state index contributed by atoms with van der Waals surface area (Å²) in [5.74, 6) is -1.13. The molecule has 3 aromatic rings. The van der Waals surface area contributed by atoms with Crippen LogP contribution >= 0.6 is 0 Å². The fourth-order valence-corrected chi connectivity index (χ4v) is 5.27. The summed E-state index contributed by atoms with van der Waals surface area (Å²) in [4.78, 5) is 14.0. The molecule has 2 aromatic carbocycles. The molecule has 0 saturated carbocycles. The van der Waals surface area contributed by atoms with E-state index in [9.17, 15) is 18.3 Å². The van der Waals surface area contributed by atoms with Gasteiger partial charge in [-0.3, -0.25) is 9.40 Å². The third-order valence-corrected chi connectivity index (χ3v) is 7.34. The van der Waals surface area contributed by atoms with E-state index in [1.54, 1.807) is 37.3 Å². The van der Waals surface area contributed by atoms with Crippen molar-refractivity contribution < 1.29 is 18.3 Å². The van der Waals surface area contributed by atoms with Gasteiger partial charge in [0.15, 0.2) is 0 Å². The SMILES string of the molecule is CCn1nc(C)c(CCN(C)c2ccc(NS(=O)(=O)c3ccccc3C)cc2C(=O)O)c1C. The predicted molar refractivity (Wildman–Crippen MR) is 130 cm³/mol. The summed E-state index contributed by atoms with van der Waals surface area (Å²) < 4.78 is 30.1. The Bertz CT molecular complexity index is 1280. The monoisotopic (exact) mass is 470 g/mol. The maximum Gasteiger partial charge on any atom is 0.337 e.